The van der Waals surface area contributed by atoms with Crippen molar-refractivity contribution in [3.63, 3.8) is 0 Å². The molecule has 202 valence electrons. The van der Waals surface area contributed by atoms with Crippen LogP contribution in [0.2, 0.25) is 0 Å². The molecule has 38 heavy (non-hydrogen) atoms. The van der Waals surface area contributed by atoms with Gasteiger partial charge in [0.2, 0.25) is 5.75 Å². The van der Waals surface area contributed by atoms with E-state index in [0.717, 1.165) is 4.88 Å². The molecule has 0 aliphatic carbocycles. The van der Waals surface area contributed by atoms with Gasteiger partial charge in [0.1, 0.15) is 10.6 Å². The second-order valence-electron chi connectivity index (χ2n) is 7.82. The molecule has 0 saturated carbocycles. The Hall–Kier alpha value is -4.12. The van der Waals surface area contributed by atoms with Crippen LogP contribution >= 0.6 is 11.3 Å². The van der Waals surface area contributed by atoms with E-state index in [4.69, 9.17) is 18.9 Å². The fourth-order valence-electron chi connectivity index (χ4n) is 3.82. The number of rotatable bonds is 12. The van der Waals surface area contributed by atoms with Crippen molar-refractivity contribution in [1.29, 1.82) is 0 Å². The molecule has 0 aliphatic heterocycles. The van der Waals surface area contributed by atoms with Gasteiger partial charge in [-0.3, -0.25) is 14.9 Å². The van der Waals surface area contributed by atoms with Gasteiger partial charge >= 0.3 is 5.97 Å². The van der Waals surface area contributed by atoms with E-state index in [1.54, 1.807) is 38.1 Å². The van der Waals surface area contributed by atoms with Crippen LogP contribution in [0.15, 0.2) is 36.4 Å². The molecule has 1 amide bonds. The van der Waals surface area contributed by atoms with Gasteiger partial charge in [0.05, 0.1) is 31.4 Å². The van der Waals surface area contributed by atoms with Crippen molar-refractivity contribution in [3.05, 3.63) is 62.5 Å². The number of thiophene rings is 1. The maximum atomic E-state index is 13.4. The first kappa shape index (κ1) is 28.5. The van der Waals surface area contributed by atoms with E-state index in [9.17, 15) is 19.7 Å². The highest BCUT2D eigenvalue weighted by Crippen LogP contribution is 2.42. The van der Waals surface area contributed by atoms with Crippen LogP contribution in [0.3, 0.4) is 0 Å². The maximum Gasteiger partial charge on any atom is 0.341 e. The molecule has 0 bridgehead atoms. The molecule has 0 fully saturated rings. The van der Waals surface area contributed by atoms with Gasteiger partial charge in [0.25, 0.3) is 11.6 Å². The standard InChI is InChI=1S/C27H30N2O8S/c1-6-34-20-14-18(15-21(35-7-2)24(20)36-8-3)25(30)28-26-23(27(31)37-9-4)22(16(5)38-26)17-10-12-19(13-11-17)29(32)33/h10-15H,6-9H2,1-5H3,(H,28,30). The number of anilines is 1. The third-order valence-electron chi connectivity index (χ3n) is 5.33. The number of nitrogens with zero attached hydrogens (tertiary/aromatic N) is 1. The zero-order chi connectivity index (χ0) is 27.8. The van der Waals surface area contributed by atoms with Crippen molar-refractivity contribution >= 4 is 33.9 Å². The highest BCUT2D eigenvalue weighted by Gasteiger charge is 2.27. The summed E-state index contributed by atoms with van der Waals surface area (Å²) in [5, 5.41) is 14.2. The lowest BCUT2D eigenvalue weighted by atomic mass is 10.0. The molecule has 10 nitrogen and oxygen atoms in total. The zero-order valence-corrected chi connectivity index (χ0v) is 22.7. The van der Waals surface area contributed by atoms with Crippen LogP contribution < -0.4 is 19.5 Å². The SMILES string of the molecule is CCOC(=O)c1c(NC(=O)c2cc(OCC)c(OCC)c(OCC)c2)sc(C)c1-c1ccc([N+](=O)[O-])cc1. The van der Waals surface area contributed by atoms with Gasteiger partial charge in [-0.05, 0) is 64.4 Å². The van der Waals surface area contributed by atoms with E-state index in [2.05, 4.69) is 5.32 Å². The second-order valence-corrected chi connectivity index (χ2v) is 9.04. The van der Waals surface area contributed by atoms with Crippen LogP contribution in [-0.4, -0.2) is 43.2 Å². The summed E-state index contributed by atoms with van der Waals surface area (Å²) in [7, 11) is 0. The number of hydrogen-bond acceptors (Lipinski definition) is 9. The summed E-state index contributed by atoms with van der Waals surface area (Å²) in [6.45, 7) is 10.2. The normalized spacial score (nSPS) is 10.6. The monoisotopic (exact) mass is 542 g/mol. The predicted octanol–water partition coefficient (Wildman–Crippen LogP) is 6.26. The topological polar surface area (TPSA) is 126 Å². The minimum Gasteiger partial charge on any atom is -0.490 e. The summed E-state index contributed by atoms with van der Waals surface area (Å²) in [4.78, 5) is 37.8. The number of non-ortho nitro benzene ring substituents is 1. The summed E-state index contributed by atoms with van der Waals surface area (Å²) in [5.74, 6) is 0.0385. The van der Waals surface area contributed by atoms with Gasteiger partial charge in [-0.2, -0.15) is 0 Å². The molecule has 0 saturated heterocycles. The molecule has 1 aromatic heterocycles. The molecule has 0 spiro atoms. The Kier molecular flexibility index (Phi) is 9.66. The van der Waals surface area contributed by atoms with Gasteiger partial charge in [-0.1, -0.05) is 0 Å². The third kappa shape index (κ3) is 6.23. The Morgan fingerprint density at radius 1 is 0.921 bits per heavy atom. The predicted molar refractivity (Wildman–Crippen MR) is 145 cm³/mol. The first-order valence-electron chi connectivity index (χ1n) is 12.2. The van der Waals surface area contributed by atoms with Crippen molar-refractivity contribution in [2.45, 2.75) is 34.6 Å². The number of ether oxygens (including phenoxy) is 4. The van der Waals surface area contributed by atoms with Crippen LogP contribution in [0, 0.1) is 17.0 Å². The van der Waals surface area contributed by atoms with Crippen LogP contribution in [-0.2, 0) is 4.74 Å². The van der Waals surface area contributed by atoms with Gasteiger partial charge in [-0.25, -0.2) is 4.79 Å². The Labute approximate surface area is 224 Å². The quantitative estimate of drug-likeness (QED) is 0.161. The number of carbonyl (C=O) groups is 2. The van der Waals surface area contributed by atoms with Crippen molar-refractivity contribution in [2.75, 3.05) is 31.7 Å². The number of nitro benzene ring substituents is 1. The number of aryl methyl sites for hydroxylation is 1. The largest absolute Gasteiger partial charge is 0.490 e. The Morgan fingerprint density at radius 2 is 1.50 bits per heavy atom. The van der Waals surface area contributed by atoms with Crippen LogP contribution in [0.4, 0.5) is 10.7 Å². The smallest absolute Gasteiger partial charge is 0.341 e. The van der Waals surface area contributed by atoms with Crippen molar-refractivity contribution < 1.29 is 33.5 Å². The number of esters is 1. The van der Waals surface area contributed by atoms with Crippen LogP contribution in [0.25, 0.3) is 11.1 Å². The molecule has 0 atom stereocenters. The van der Waals surface area contributed by atoms with Crippen molar-refractivity contribution in [1.82, 2.24) is 0 Å². The van der Waals surface area contributed by atoms with Gasteiger partial charge in [-0.15, -0.1) is 11.3 Å². The fourth-order valence-corrected chi connectivity index (χ4v) is 4.88. The first-order chi connectivity index (χ1) is 18.2. The number of carbonyl (C=O) groups excluding carboxylic acids is 2. The van der Waals surface area contributed by atoms with Crippen molar-refractivity contribution in [2.24, 2.45) is 0 Å². The lowest BCUT2D eigenvalue weighted by molar-refractivity contribution is -0.384. The van der Waals surface area contributed by atoms with E-state index in [1.807, 2.05) is 20.8 Å². The number of nitrogens with one attached hydrogen (secondary N) is 1. The zero-order valence-electron chi connectivity index (χ0n) is 21.9. The summed E-state index contributed by atoms with van der Waals surface area (Å²) < 4.78 is 22.4. The second kappa shape index (κ2) is 12.9. The number of benzene rings is 2. The summed E-state index contributed by atoms with van der Waals surface area (Å²) in [5.41, 5.74) is 1.48. The molecule has 3 rings (SSSR count). The maximum absolute atomic E-state index is 13.4. The van der Waals surface area contributed by atoms with Crippen molar-refractivity contribution in [3.8, 4) is 28.4 Å². The lowest BCUT2D eigenvalue weighted by Crippen LogP contribution is -2.15. The van der Waals surface area contributed by atoms with Crippen LogP contribution in [0.1, 0.15) is 53.3 Å². The Bertz CT molecular complexity index is 1290. The average Bonchev–Trinajstić information content (AvgIpc) is 3.21. The van der Waals surface area contributed by atoms with Gasteiger partial charge in [0, 0.05) is 28.1 Å². The first-order valence-corrected chi connectivity index (χ1v) is 13.0. The molecule has 3 aromatic rings. The molecular formula is C27H30N2O8S. The summed E-state index contributed by atoms with van der Waals surface area (Å²) in [6, 6.07) is 8.99. The minimum absolute atomic E-state index is 0.0708. The molecule has 0 aliphatic rings. The Balaban J connectivity index is 2.07. The van der Waals surface area contributed by atoms with Crippen LogP contribution in [0.5, 0.6) is 17.2 Å². The van der Waals surface area contributed by atoms with E-state index >= 15 is 0 Å². The molecule has 1 heterocycles. The third-order valence-corrected chi connectivity index (χ3v) is 6.35. The molecule has 11 heteroatoms. The minimum atomic E-state index is -0.614. The van der Waals surface area contributed by atoms with E-state index < -0.39 is 16.8 Å². The summed E-state index contributed by atoms with van der Waals surface area (Å²) >= 11 is 1.21. The molecule has 2 aromatic carbocycles. The van der Waals surface area contributed by atoms with E-state index in [0.29, 0.717) is 53.2 Å². The van der Waals surface area contributed by atoms with E-state index in [-0.39, 0.29) is 23.4 Å². The highest BCUT2D eigenvalue weighted by molar-refractivity contribution is 7.17. The number of hydrogen-bond donors (Lipinski definition) is 1. The van der Waals surface area contributed by atoms with E-state index in [1.165, 1.54) is 23.5 Å². The summed E-state index contributed by atoms with van der Waals surface area (Å²) in [6.07, 6.45) is 0. The number of nitro groups is 1. The molecular weight excluding hydrogens is 512 g/mol. The average molecular weight is 543 g/mol. The molecule has 0 unspecified atom stereocenters. The molecule has 0 radical (unpaired) electrons. The van der Waals surface area contributed by atoms with Gasteiger partial charge in [0.15, 0.2) is 11.5 Å². The number of amides is 1. The van der Waals surface area contributed by atoms with Gasteiger partial charge < -0.3 is 24.3 Å². The lowest BCUT2D eigenvalue weighted by Gasteiger charge is -2.17. The molecule has 1 N–H and O–H groups in total. The Morgan fingerprint density at radius 3 is 2.00 bits per heavy atom. The fraction of sp³-hybridized carbons (Fsp3) is 0.333. The highest BCUT2D eigenvalue weighted by atomic mass is 32.1.